The van der Waals surface area contributed by atoms with Crippen LogP contribution in [0, 0.1) is 28.4 Å². The highest BCUT2D eigenvalue weighted by Gasteiger charge is 2.33. The van der Waals surface area contributed by atoms with Gasteiger partial charge in [0, 0.05) is 23.9 Å². The molecule has 192 valence electrons. The van der Waals surface area contributed by atoms with Crippen LogP contribution in [0.3, 0.4) is 0 Å². The normalized spacial score (nSPS) is 11.0. The summed E-state index contributed by atoms with van der Waals surface area (Å²) in [5.74, 6) is -1.41. The van der Waals surface area contributed by atoms with Crippen LogP contribution in [-0.2, 0) is 17.7 Å². The summed E-state index contributed by atoms with van der Waals surface area (Å²) in [6, 6.07) is 14.9. The van der Waals surface area contributed by atoms with Crippen molar-refractivity contribution < 1.29 is 24.4 Å². The van der Waals surface area contributed by atoms with E-state index in [1.807, 2.05) is 25.1 Å². The van der Waals surface area contributed by atoms with E-state index in [-0.39, 0.29) is 17.8 Å². The van der Waals surface area contributed by atoms with Gasteiger partial charge in [-0.05, 0) is 62.9 Å². The lowest BCUT2D eigenvalue weighted by molar-refractivity contribution is -0.384. The van der Waals surface area contributed by atoms with Gasteiger partial charge < -0.3 is 14.8 Å². The molecule has 3 aromatic rings. The number of hydrogen-bond acceptors (Lipinski definition) is 6. The molecule has 2 N–H and O–H groups in total. The maximum atomic E-state index is 13.2. The number of aromatic carboxylic acids is 1. The van der Waals surface area contributed by atoms with Crippen molar-refractivity contribution in [2.45, 2.75) is 52.7 Å². The van der Waals surface area contributed by atoms with Crippen molar-refractivity contribution in [1.82, 2.24) is 4.98 Å². The standard InChI is InChI=1S/C27H28N4O6/c1-17-15-20(7-6-14-28)23(29-17)19-12-10-18(11-13-19)16-30(26(34)37-27(2,3)4)24-21(25(32)33)8-5-9-22(24)31(35)36/h5,8-13,15,29H,6-7,16H2,1-4H3,(H,32,33). The molecule has 1 aromatic heterocycles. The number of nitriles is 1. The maximum Gasteiger partial charge on any atom is 0.415 e. The average Bonchev–Trinajstić information content (AvgIpc) is 3.20. The monoisotopic (exact) mass is 504 g/mol. The summed E-state index contributed by atoms with van der Waals surface area (Å²) >= 11 is 0. The van der Waals surface area contributed by atoms with Gasteiger partial charge in [0.05, 0.1) is 23.1 Å². The summed E-state index contributed by atoms with van der Waals surface area (Å²) in [6.07, 6.45) is 0.0711. The van der Waals surface area contributed by atoms with Gasteiger partial charge in [-0.2, -0.15) is 5.26 Å². The molecule has 0 atom stereocenters. The topological polar surface area (TPSA) is 150 Å². The van der Waals surface area contributed by atoms with E-state index in [2.05, 4.69) is 11.1 Å². The van der Waals surface area contributed by atoms with Crippen LogP contribution in [0.5, 0.6) is 0 Å². The summed E-state index contributed by atoms with van der Waals surface area (Å²) in [5, 5.41) is 30.5. The van der Waals surface area contributed by atoms with Gasteiger partial charge in [0.1, 0.15) is 11.3 Å². The van der Waals surface area contributed by atoms with Gasteiger partial charge in [-0.25, -0.2) is 9.59 Å². The predicted molar refractivity (Wildman–Crippen MR) is 137 cm³/mol. The fourth-order valence-electron chi connectivity index (χ4n) is 3.94. The Hall–Kier alpha value is -4.65. The predicted octanol–water partition coefficient (Wildman–Crippen LogP) is 5.99. The number of carboxylic acid groups (broad SMARTS) is 1. The number of aryl methyl sites for hydroxylation is 2. The first-order valence-electron chi connectivity index (χ1n) is 11.6. The van der Waals surface area contributed by atoms with Crippen molar-refractivity contribution in [3.05, 3.63) is 81.0 Å². The number of para-hydroxylation sites is 1. The summed E-state index contributed by atoms with van der Waals surface area (Å²) in [4.78, 5) is 40.5. The molecule has 1 heterocycles. The van der Waals surface area contributed by atoms with Crippen LogP contribution < -0.4 is 4.90 Å². The Bertz CT molecular complexity index is 1330. The summed E-state index contributed by atoms with van der Waals surface area (Å²) in [7, 11) is 0. The number of benzene rings is 2. The lowest BCUT2D eigenvalue weighted by Gasteiger charge is -2.28. The van der Waals surface area contributed by atoms with E-state index >= 15 is 0 Å². The SMILES string of the molecule is Cc1cc(CCC#N)c(-c2ccc(CN(C(=O)OC(C)(C)C)c3c(C(=O)O)cccc3[N+](=O)[O-])cc2)[nH]1. The Morgan fingerprint density at radius 3 is 2.43 bits per heavy atom. The molecule has 0 unspecified atom stereocenters. The number of H-pyrrole nitrogens is 1. The minimum absolute atomic E-state index is 0.161. The molecule has 3 rings (SSSR count). The highest BCUT2D eigenvalue weighted by atomic mass is 16.6. The fraction of sp³-hybridized carbons (Fsp3) is 0.296. The Balaban J connectivity index is 2.04. The number of rotatable bonds is 8. The number of aromatic amines is 1. The summed E-state index contributed by atoms with van der Waals surface area (Å²) in [5.41, 5.74) is 2.14. The Morgan fingerprint density at radius 2 is 1.86 bits per heavy atom. The molecule has 0 aliphatic carbocycles. The van der Waals surface area contributed by atoms with E-state index < -0.39 is 28.3 Å². The molecule has 0 radical (unpaired) electrons. The van der Waals surface area contributed by atoms with Crippen molar-refractivity contribution in [1.29, 1.82) is 5.26 Å². The van der Waals surface area contributed by atoms with E-state index in [0.29, 0.717) is 18.4 Å². The lowest BCUT2D eigenvalue weighted by Crippen LogP contribution is -2.37. The number of amides is 1. The van der Waals surface area contributed by atoms with Crippen LogP contribution >= 0.6 is 0 Å². The van der Waals surface area contributed by atoms with Crippen molar-refractivity contribution in [3.63, 3.8) is 0 Å². The van der Waals surface area contributed by atoms with Crippen LogP contribution in [-0.4, -0.2) is 32.7 Å². The quantitative estimate of drug-likeness (QED) is 0.282. The first kappa shape index (κ1) is 26.9. The van der Waals surface area contributed by atoms with E-state index in [1.54, 1.807) is 32.9 Å². The number of nitrogens with zero attached hydrogens (tertiary/aromatic N) is 3. The molecule has 1 amide bonds. The molecular formula is C27H28N4O6. The number of hydrogen-bond donors (Lipinski definition) is 2. The second kappa shape index (κ2) is 11.0. The van der Waals surface area contributed by atoms with Crippen molar-refractivity contribution in [2.24, 2.45) is 0 Å². The molecule has 0 saturated heterocycles. The van der Waals surface area contributed by atoms with Crippen LogP contribution in [0.25, 0.3) is 11.3 Å². The van der Waals surface area contributed by atoms with Gasteiger partial charge in [0.2, 0.25) is 0 Å². The molecule has 0 aliphatic heterocycles. The molecule has 0 bridgehead atoms. The Labute approximate surface area is 214 Å². The zero-order valence-corrected chi connectivity index (χ0v) is 21.1. The number of nitrogens with one attached hydrogen (secondary N) is 1. The number of ether oxygens (including phenoxy) is 1. The zero-order valence-electron chi connectivity index (χ0n) is 21.1. The second-order valence-electron chi connectivity index (χ2n) is 9.51. The third-order valence-corrected chi connectivity index (χ3v) is 5.45. The van der Waals surface area contributed by atoms with Crippen LogP contribution in [0.2, 0.25) is 0 Å². The van der Waals surface area contributed by atoms with Gasteiger partial charge in [-0.15, -0.1) is 0 Å². The minimum Gasteiger partial charge on any atom is -0.478 e. The lowest BCUT2D eigenvalue weighted by atomic mass is 10.0. The van der Waals surface area contributed by atoms with Crippen molar-refractivity contribution in [3.8, 4) is 17.3 Å². The minimum atomic E-state index is -1.41. The highest BCUT2D eigenvalue weighted by Crippen LogP contribution is 2.35. The molecule has 2 aromatic carbocycles. The first-order valence-corrected chi connectivity index (χ1v) is 11.6. The van der Waals surface area contributed by atoms with Crippen molar-refractivity contribution in [2.75, 3.05) is 4.90 Å². The third-order valence-electron chi connectivity index (χ3n) is 5.45. The van der Waals surface area contributed by atoms with E-state index in [0.717, 1.165) is 33.5 Å². The molecule has 37 heavy (non-hydrogen) atoms. The van der Waals surface area contributed by atoms with E-state index in [9.17, 15) is 24.8 Å². The second-order valence-corrected chi connectivity index (χ2v) is 9.51. The number of aromatic nitrogens is 1. The number of carboxylic acids is 1. The molecule has 0 saturated carbocycles. The van der Waals surface area contributed by atoms with Crippen LogP contribution in [0.1, 0.15) is 54.4 Å². The number of carbonyl (C=O) groups excluding carboxylic acids is 1. The smallest absolute Gasteiger partial charge is 0.415 e. The third kappa shape index (κ3) is 6.52. The van der Waals surface area contributed by atoms with Gasteiger partial charge in [0.15, 0.2) is 0 Å². The molecule has 0 fully saturated rings. The number of nitro benzene ring substituents is 1. The van der Waals surface area contributed by atoms with E-state index in [4.69, 9.17) is 10.00 Å². The Kier molecular flexibility index (Phi) is 7.98. The molecule has 10 nitrogen and oxygen atoms in total. The van der Waals surface area contributed by atoms with Crippen LogP contribution in [0.15, 0.2) is 48.5 Å². The highest BCUT2D eigenvalue weighted by molar-refractivity contribution is 6.03. The number of anilines is 1. The maximum absolute atomic E-state index is 13.2. The van der Waals surface area contributed by atoms with Gasteiger partial charge in [-0.3, -0.25) is 15.0 Å². The van der Waals surface area contributed by atoms with Gasteiger partial charge in [0.25, 0.3) is 5.69 Å². The molecule has 0 aliphatic rings. The largest absolute Gasteiger partial charge is 0.478 e. The summed E-state index contributed by atoms with van der Waals surface area (Å²) in [6.45, 7) is 6.72. The average molecular weight is 505 g/mol. The first-order chi connectivity index (χ1) is 17.4. The fourth-order valence-corrected chi connectivity index (χ4v) is 3.94. The molecule has 0 spiro atoms. The van der Waals surface area contributed by atoms with Crippen LogP contribution in [0.4, 0.5) is 16.2 Å². The summed E-state index contributed by atoms with van der Waals surface area (Å²) < 4.78 is 5.49. The number of nitro groups is 1. The molecular weight excluding hydrogens is 476 g/mol. The van der Waals surface area contributed by atoms with E-state index in [1.165, 1.54) is 12.1 Å². The molecule has 10 heteroatoms. The zero-order chi connectivity index (χ0) is 27.3. The van der Waals surface area contributed by atoms with Crippen molar-refractivity contribution >= 4 is 23.4 Å². The Morgan fingerprint density at radius 1 is 1.19 bits per heavy atom. The number of carbonyl (C=O) groups is 2. The van der Waals surface area contributed by atoms with Gasteiger partial charge in [-0.1, -0.05) is 30.3 Å². The van der Waals surface area contributed by atoms with Gasteiger partial charge >= 0.3 is 12.1 Å².